The first-order valence-corrected chi connectivity index (χ1v) is 10.6. The summed E-state index contributed by atoms with van der Waals surface area (Å²) in [6.45, 7) is 1.28. The van der Waals surface area contributed by atoms with Crippen LogP contribution in [0.25, 0.3) is 10.2 Å². The molecule has 1 N–H and O–H groups in total. The standard InChI is InChI=1S/C22H17ClFN3O3S/c1-13-6-7-15(23)10-17(13)25-19(28)12-26-18-8-9-31-20(18)21(29)27(22(26)30)11-14-4-2-3-5-16(14)24/h2-10H,11-12H2,1H3,(H,25,28). The van der Waals surface area contributed by atoms with Crippen LogP contribution >= 0.6 is 22.9 Å². The summed E-state index contributed by atoms with van der Waals surface area (Å²) in [6, 6.07) is 12.7. The number of amides is 1. The van der Waals surface area contributed by atoms with Gasteiger partial charge in [-0.25, -0.2) is 9.18 Å². The van der Waals surface area contributed by atoms with Gasteiger partial charge in [-0.1, -0.05) is 35.9 Å². The van der Waals surface area contributed by atoms with Gasteiger partial charge in [0, 0.05) is 16.3 Å². The number of halogens is 2. The van der Waals surface area contributed by atoms with Crippen molar-refractivity contribution in [2.24, 2.45) is 0 Å². The van der Waals surface area contributed by atoms with Crippen LogP contribution in [0.2, 0.25) is 5.02 Å². The third-order valence-corrected chi connectivity index (χ3v) is 6.02. The fraction of sp³-hybridized carbons (Fsp3) is 0.136. The van der Waals surface area contributed by atoms with E-state index in [9.17, 15) is 18.8 Å². The van der Waals surface area contributed by atoms with Gasteiger partial charge in [-0.05, 0) is 42.1 Å². The van der Waals surface area contributed by atoms with Gasteiger partial charge in [0.15, 0.2) is 0 Å². The van der Waals surface area contributed by atoms with Crippen molar-refractivity contribution in [3.63, 3.8) is 0 Å². The van der Waals surface area contributed by atoms with Crippen LogP contribution in [0.5, 0.6) is 0 Å². The average Bonchev–Trinajstić information content (AvgIpc) is 3.22. The third-order valence-electron chi connectivity index (χ3n) is 4.90. The number of aromatic nitrogens is 2. The molecule has 1 amide bonds. The highest BCUT2D eigenvalue weighted by molar-refractivity contribution is 7.17. The quantitative estimate of drug-likeness (QED) is 0.492. The molecule has 0 unspecified atom stereocenters. The fourth-order valence-electron chi connectivity index (χ4n) is 3.28. The van der Waals surface area contributed by atoms with Crippen LogP contribution in [-0.2, 0) is 17.9 Å². The van der Waals surface area contributed by atoms with Crippen molar-refractivity contribution in [2.75, 3.05) is 5.32 Å². The van der Waals surface area contributed by atoms with E-state index in [1.807, 2.05) is 6.92 Å². The van der Waals surface area contributed by atoms with Crippen LogP contribution < -0.4 is 16.6 Å². The molecule has 158 valence electrons. The van der Waals surface area contributed by atoms with Gasteiger partial charge in [0.2, 0.25) is 5.91 Å². The molecule has 0 saturated carbocycles. The molecular formula is C22H17ClFN3O3S. The molecular weight excluding hydrogens is 441 g/mol. The summed E-state index contributed by atoms with van der Waals surface area (Å²) in [5.41, 5.74) is 0.728. The maximum absolute atomic E-state index is 14.1. The predicted molar refractivity (Wildman–Crippen MR) is 121 cm³/mol. The van der Waals surface area contributed by atoms with Crippen molar-refractivity contribution in [3.8, 4) is 0 Å². The van der Waals surface area contributed by atoms with Gasteiger partial charge >= 0.3 is 5.69 Å². The Morgan fingerprint density at radius 1 is 1.13 bits per heavy atom. The number of carbonyl (C=O) groups excluding carboxylic acids is 1. The summed E-state index contributed by atoms with van der Waals surface area (Å²) in [4.78, 5) is 38.7. The van der Waals surface area contributed by atoms with E-state index in [-0.39, 0.29) is 18.7 Å². The maximum atomic E-state index is 14.1. The molecule has 0 saturated heterocycles. The molecule has 0 bridgehead atoms. The SMILES string of the molecule is Cc1ccc(Cl)cc1NC(=O)Cn1c(=O)n(Cc2ccccc2F)c(=O)c2sccc21. The molecule has 0 radical (unpaired) electrons. The van der Waals surface area contributed by atoms with Crippen molar-refractivity contribution < 1.29 is 9.18 Å². The lowest BCUT2D eigenvalue weighted by atomic mass is 10.2. The Morgan fingerprint density at radius 3 is 2.68 bits per heavy atom. The molecule has 0 atom stereocenters. The molecule has 2 heterocycles. The Hall–Kier alpha value is -3.23. The normalized spacial score (nSPS) is 11.1. The zero-order valence-electron chi connectivity index (χ0n) is 16.4. The second kappa shape index (κ2) is 8.49. The van der Waals surface area contributed by atoms with Crippen molar-refractivity contribution in [1.29, 1.82) is 0 Å². The summed E-state index contributed by atoms with van der Waals surface area (Å²) in [7, 11) is 0. The van der Waals surface area contributed by atoms with Crippen molar-refractivity contribution in [2.45, 2.75) is 20.0 Å². The molecule has 0 aliphatic heterocycles. The molecule has 6 nitrogen and oxygen atoms in total. The molecule has 2 aromatic heterocycles. The lowest BCUT2D eigenvalue weighted by Gasteiger charge is -2.13. The minimum Gasteiger partial charge on any atom is -0.324 e. The van der Waals surface area contributed by atoms with Crippen LogP contribution in [-0.4, -0.2) is 15.0 Å². The molecule has 0 fully saturated rings. The van der Waals surface area contributed by atoms with Gasteiger partial charge in [0.1, 0.15) is 17.1 Å². The smallest absolute Gasteiger partial charge is 0.324 e. The number of benzene rings is 2. The van der Waals surface area contributed by atoms with Gasteiger partial charge in [0.05, 0.1) is 12.1 Å². The topological polar surface area (TPSA) is 73.1 Å². The summed E-state index contributed by atoms with van der Waals surface area (Å²) in [5.74, 6) is -0.961. The van der Waals surface area contributed by atoms with Gasteiger partial charge in [-0.3, -0.25) is 18.7 Å². The molecule has 0 aliphatic carbocycles. The molecule has 0 spiro atoms. The second-order valence-electron chi connectivity index (χ2n) is 6.99. The lowest BCUT2D eigenvalue weighted by Crippen LogP contribution is -2.41. The number of thiophene rings is 1. The maximum Gasteiger partial charge on any atom is 0.332 e. The summed E-state index contributed by atoms with van der Waals surface area (Å²) in [6.07, 6.45) is 0. The predicted octanol–water partition coefficient (Wildman–Crippen LogP) is 4.01. The van der Waals surface area contributed by atoms with Crippen molar-refractivity contribution >= 4 is 44.7 Å². The monoisotopic (exact) mass is 457 g/mol. The van der Waals surface area contributed by atoms with Crippen molar-refractivity contribution in [3.05, 3.63) is 96.7 Å². The Labute approximate surface area is 185 Å². The van der Waals surface area contributed by atoms with Gasteiger partial charge in [0.25, 0.3) is 5.56 Å². The fourth-order valence-corrected chi connectivity index (χ4v) is 4.30. The van der Waals surface area contributed by atoms with E-state index in [1.165, 1.54) is 34.1 Å². The summed E-state index contributed by atoms with van der Waals surface area (Å²) in [5, 5.41) is 4.89. The minimum absolute atomic E-state index is 0.211. The van der Waals surface area contributed by atoms with Crippen LogP contribution in [0.3, 0.4) is 0 Å². The number of nitrogens with one attached hydrogen (secondary N) is 1. The largest absolute Gasteiger partial charge is 0.332 e. The first-order valence-electron chi connectivity index (χ1n) is 9.35. The van der Waals surface area contributed by atoms with Crippen molar-refractivity contribution in [1.82, 2.24) is 9.13 Å². The highest BCUT2D eigenvalue weighted by Crippen LogP contribution is 2.21. The number of hydrogen-bond donors (Lipinski definition) is 1. The second-order valence-corrected chi connectivity index (χ2v) is 8.35. The lowest BCUT2D eigenvalue weighted by molar-refractivity contribution is -0.116. The average molecular weight is 458 g/mol. The zero-order chi connectivity index (χ0) is 22.1. The van der Waals surface area contributed by atoms with Gasteiger partial charge in [-0.15, -0.1) is 11.3 Å². The number of hydrogen-bond acceptors (Lipinski definition) is 4. The third kappa shape index (κ3) is 4.17. The van der Waals surface area contributed by atoms with Crippen LogP contribution in [0, 0.1) is 12.7 Å². The minimum atomic E-state index is -0.683. The number of anilines is 1. The molecule has 9 heteroatoms. The molecule has 0 aliphatic rings. The van der Waals surface area contributed by atoms with E-state index in [4.69, 9.17) is 11.6 Å². The van der Waals surface area contributed by atoms with Crippen LogP contribution in [0.4, 0.5) is 10.1 Å². The Kier molecular flexibility index (Phi) is 5.75. The highest BCUT2D eigenvalue weighted by Gasteiger charge is 2.18. The number of aryl methyl sites for hydroxylation is 1. The van der Waals surface area contributed by atoms with Crippen LogP contribution in [0.1, 0.15) is 11.1 Å². The Morgan fingerprint density at radius 2 is 1.90 bits per heavy atom. The summed E-state index contributed by atoms with van der Waals surface area (Å²) >= 11 is 7.17. The molecule has 4 rings (SSSR count). The number of carbonyl (C=O) groups is 1. The van der Waals surface area contributed by atoms with E-state index in [0.29, 0.717) is 20.9 Å². The van der Waals surface area contributed by atoms with E-state index in [2.05, 4.69) is 5.32 Å². The number of fused-ring (bicyclic) bond motifs is 1. The molecule has 31 heavy (non-hydrogen) atoms. The van der Waals surface area contributed by atoms with Gasteiger partial charge in [-0.2, -0.15) is 0 Å². The molecule has 2 aromatic carbocycles. The van der Waals surface area contributed by atoms with Gasteiger partial charge < -0.3 is 5.32 Å². The number of rotatable bonds is 5. The molecule has 4 aromatic rings. The van der Waals surface area contributed by atoms with E-state index < -0.39 is 23.0 Å². The number of nitrogens with zero attached hydrogens (tertiary/aromatic N) is 2. The van der Waals surface area contributed by atoms with Crippen LogP contribution in [0.15, 0.2) is 63.5 Å². The summed E-state index contributed by atoms with van der Waals surface area (Å²) < 4.78 is 16.6. The highest BCUT2D eigenvalue weighted by atomic mass is 35.5. The first kappa shape index (κ1) is 21.0. The van der Waals surface area contributed by atoms with E-state index in [0.717, 1.165) is 10.1 Å². The zero-order valence-corrected chi connectivity index (χ0v) is 18.0. The van der Waals surface area contributed by atoms with E-state index >= 15 is 0 Å². The Bertz CT molecular complexity index is 1420. The Balaban J connectivity index is 1.74. The first-order chi connectivity index (χ1) is 14.8. The van der Waals surface area contributed by atoms with E-state index in [1.54, 1.807) is 35.7 Å².